The molecule has 5 nitrogen and oxygen atoms in total. The molecule has 138 valence electrons. The number of anilines is 1. The van der Waals surface area contributed by atoms with Gasteiger partial charge in [-0.1, -0.05) is 56.3 Å². The molecule has 0 saturated carbocycles. The van der Waals surface area contributed by atoms with Crippen LogP contribution in [0.1, 0.15) is 37.9 Å². The smallest absolute Gasteiger partial charge is 0.251 e. The maximum absolute atomic E-state index is 12.4. The van der Waals surface area contributed by atoms with E-state index < -0.39 is 0 Å². The molecule has 0 spiro atoms. The SMILES string of the molecule is C/C(=C\c1ccccc1)C(=O)Nc1ccc(C(C(C)C)n2cncn2)cc1. The normalized spacial score (nSPS) is 12.8. The van der Waals surface area contributed by atoms with Gasteiger partial charge in [-0.15, -0.1) is 0 Å². The summed E-state index contributed by atoms with van der Waals surface area (Å²) in [4.78, 5) is 16.5. The molecule has 27 heavy (non-hydrogen) atoms. The molecule has 5 heteroatoms. The monoisotopic (exact) mass is 360 g/mol. The summed E-state index contributed by atoms with van der Waals surface area (Å²) in [6.07, 6.45) is 5.16. The molecule has 2 aromatic carbocycles. The maximum atomic E-state index is 12.4. The Labute approximate surface area is 159 Å². The summed E-state index contributed by atoms with van der Waals surface area (Å²) in [5.74, 6) is 0.256. The van der Waals surface area contributed by atoms with Gasteiger partial charge in [-0.3, -0.25) is 4.79 Å². The van der Waals surface area contributed by atoms with E-state index >= 15 is 0 Å². The lowest BCUT2D eigenvalue weighted by Gasteiger charge is -2.21. The van der Waals surface area contributed by atoms with Crippen LogP contribution in [0, 0.1) is 5.92 Å². The Morgan fingerprint density at radius 3 is 2.37 bits per heavy atom. The van der Waals surface area contributed by atoms with Gasteiger partial charge in [-0.2, -0.15) is 5.10 Å². The van der Waals surface area contributed by atoms with Crippen LogP contribution in [0.4, 0.5) is 5.69 Å². The van der Waals surface area contributed by atoms with Crippen molar-refractivity contribution in [2.45, 2.75) is 26.8 Å². The fourth-order valence-electron chi connectivity index (χ4n) is 3.06. The number of carbonyl (C=O) groups excluding carboxylic acids is 1. The van der Waals surface area contributed by atoms with Gasteiger partial charge >= 0.3 is 0 Å². The third kappa shape index (κ3) is 4.70. The summed E-state index contributed by atoms with van der Waals surface area (Å²) < 4.78 is 1.87. The van der Waals surface area contributed by atoms with Crippen LogP contribution in [-0.4, -0.2) is 20.7 Å². The van der Waals surface area contributed by atoms with E-state index in [1.807, 2.05) is 72.3 Å². The summed E-state index contributed by atoms with van der Waals surface area (Å²) in [5, 5.41) is 7.23. The quantitative estimate of drug-likeness (QED) is 0.655. The molecule has 0 bridgehead atoms. The Bertz CT molecular complexity index is 897. The molecule has 0 aliphatic heterocycles. The topological polar surface area (TPSA) is 59.8 Å². The molecule has 3 aromatic rings. The molecule has 0 radical (unpaired) electrons. The highest BCUT2D eigenvalue weighted by atomic mass is 16.1. The molecule has 1 amide bonds. The lowest BCUT2D eigenvalue weighted by molar-refractivity contribution is -0.112. The molecule has 0 aliphatic rings. The first-order chi connectivity index (χ1) is 13.0. The summed E-state index contributed by atoms with van der Waals surface area (Å²) in [7, 11) is 0. The molecule has 0 fully saturated rings. The van der Waals surface area contributed by atoms with Crippen LogP contribution in [-0.2, 0) is 4.79 Å². The number of nitrogens with one attached hydrogen (secondary N) is 1. The van der Waals surface area contributed by atoms with Crippen LogP contribution in [0.5, 0.6) is 0 Å². The second-order valence-corrected chi connectivity index (χ2v) is 6.88. The van der Waals surface area contributed by atoms with Crippen LogP contribution in [0.25, 0.3) is 6.08 Å². The Kier molecular flexibility index (Phi) is 5.81. The molecular weight excluding hydrogens is 336 g/mol. The average molecular weight is 360 g/mol. The van der Waals surface area contributed by atoms with Gasteiger partial charge in [0, 0.05) is 11.3 Å². The molecule has 1 heterocycles. The minimum absolute atomic E-state index is 0.108. The van der Waals surface area contributed by atoms with Gasteiger partial charge in [0.1, 0.15) is 12.7 Å². The highest BCUT2D eigenvalue weighted by Gasteiger charge is 2.18. The number of carbonyl (C=O) groups is 1. The molecule has 1 atom stereocenters. The minimum Gasteiger partial charge on any atom is -0.322 e. The van der Waals surface area contributed by atoms with E-state index in [-0.39, 0.29) is 11.9 Å². The lowest BCUT2D eigenvalue weighted by Crippen LogP contribution is -2.17. The first-order valence-corrected chi connectivity index (χ1v) is 9.03. The number of benzene rings is 2. The molecule has 3 rings (SSSR count). The zero-order valence-electron chi connectivity index (χ0n) is 15.8. The van der Waals surface area contributed by atoms with Gasteiger partial charge < -0.3 is 5.32 Å². The molecule has 1 aromatic heterocycles. The van der Waals surface area contributed by atoms with Gasteiger partial charge in [0.05, 0.1) is 6.04 Å². The van der Waals surface area contributed by atoms with E-state index in [2.05, 4.69) is 29.2 Å². The average Bonchev–Trinajstić information content (AvgIpc) is 3.18. The van der Waals surface area contributed by atoms with Crippen molar-refractivity contribution in [1.82, 2.24) is 14.8 Å². The fraction of sp³-hybridized carbons (Fsp3) is 0.227. The second-order valence-electron chi connectivity index (χ2n) is 6.88. The number of hydrogen-bond donors (Lipinski definition) is 1. The van der Waals surface area contributed by atoms with Gasteiger partial charge in [0.25, 0.3) is 5.91 Å². The van der Waals surface area contributed by atoms with Gasteiger partial charge in [0.2, 0.25) is 0 Å². The fourth-order valence-corrected chi connectivity index (χ4v) is 3.06. The van der Waals surface area contributed by atoms with Crippen LogP contribution >= 0.6 is 0 Å². The van der Waals surface area contributed by atoms with Crippen molar-refractivity contribution in [3.63, 3.8) is 0 Å². The van der Waals surface area contributed by atoms with Crippen LogP contribution in [0.3, 0.4) is 0 Å². The van der Waals surface area contributed by atoms with Crippen molar-refractivity contribution >= 4 is 17.7 Å². The van der Waals surface area contributed by atoms with E-state index in [1.165, 1.54) is 0 Å². The van der Waals surface area contributed by atoms with Crippen molar-refractivity contribution in [1.29, 1.82) is 0 Å². The summed E-state index contributed by atoms with van der Waals surface area (Å²) >= 11 is 0. The third-order valence-corrected chi connectivity index (χ3v) is 4.40. The number of rotatable bonds is 6. The molecule has 0 aliphatic carbocycles. The first-order valence-electron chi connectivity index (χ1n) is 9.03. The highest BCUT2D eigenvalue weighted by Crippen LogP contribution is 2.26. The number of aromatic nitrogens is 3. The second kappa shape index (κ2) is 8.45. The molecule has 1 N–H and O–H groups in total. The Morgan fingerprint density at radius 2 is 1.78 bits per heavy atom. The summed E-state index contributed by atoms with van der Waals surface area (Å²) in [5.41, 5.74) is 3.57. The zero-order chi connectivity index (χ0) is 19.2. The maximum Gasteiger partial charge on any atom is 0.251 e. The van der Waals surface area contributed by atoms with E-state index in [0.29, 0.717) is 11.5 Å². The molecule has 0 saturated heterocycles. The predicted octanol–water partition coefficient (Wildman–Crippen LogP) is 4.57. The lowest BCUT2D eigenvalue weighted by atomic mass is 9.96. The van der Waals surface area contributed by atoms with E-state index in [1.54, 1.807) is 12.7 Å². The third-order valence-electron chi connectivity index (χ3n) is 4.40. The first kappa shape index (κ1) is 18.6. The molecule has 1 unspecified atom stereocenters. The van der Waals surface area contributed by atoms with E-state index in [4.69, 9.17) is 0 Å². The largest absolute Gasteiger partial charge is 0.322 e. The Balaban J connectivity index is 1.72. The van der Waals surface area contributed by atoms with Crippen molar-refractivity contribution in [2.75, 3.05) is 5.32 Å². The van der Waals surface area contributed by atoms with Gasteiger partial charge in [0.15, 0.2) is 0 Å². The van der Waals surface area contributed by atoms with Gasteiger partial charge in [-0.25, -0.2) is 9.67 Å². The van der Waals surface area contributed by atoms with Crippen molar-refractivity contribution < 1.29 is 4.79 Å². The van der Waals surface area contributed by atoms with Crippen LogP contribution in [0.2, 0.25) is 0 Å². The Hall–Kier alpha value is -3.21. The van der Waals surface area contributed by atoms with Crippen LogP contribution in [0.15, 0.2) is 72.8 Å². The minimum atomic E-state index is -0.108. The summed E-state index contributed by atoms with van der Waals surface area (Å²) in [6.45, 7) is 6.12. The van der Waals surface area contributed by atoms with Crippen molar-refractivity contribution in [3.8, 4) is 0 Å². The van der Waals surface area contributed by atoms with E-state index in [0.717, 1.165) is 16.8 Å². The summed E-state index contributed by atoms with van der Waals surface area (Å²) in [6, 6.07) is 17.8. The highest BCUT2D eigenvalue weighted by molar-refractivity contribution is 6.06. The van der Waals surface area contributed by atoms with E-state index in [9.17, 15) is 4.79 Å². The number of hydrogen-bond acceptors (Lipinski definition) is 3. The van der Waals surface area contributed by atoms with Gasteiger partial charge in [-0.05, 0) is 42.2 Å². The zero-order valence-corrected chi connectivity index (χ0v) is 15.8. The molecular formula is C22H24N4O. The number of nitrogens with zero attached hydrogens (tertiary/aromatic N) is 3. The number of amides is 1. The van der Waals surface area contributed by atoms with Crippen molar-refractivity contribution in [3.05, 3.63) is 84.0 Å². The standard InChI is InChI=1S/C22H24N4O/c1-16(2)21(26-15-23-14-24-26)19-9-11-20(12-10-19)25-22(27)17(3)13-18-7-5-4-6-8-18/h4-16,21H,1-3H3,(H,25,27)/b17-13+. The van der Waals surface area contributed by atoms with Crippen molar-refractivity contribution in [2.24, 2.45) is 5.92 Å². The Morgan fingerprint density at radius 1 is 1.07 bits per heavy atom. The predicted molar refractivity (Wildman–Crippen MR) is 108 cm³/mol. The van der Waals surface area contributed by atoms with Crippen LogP contribution < -0.4 is 5.32 Å².